The molecule has 1 N–H and O–H groups in total. The Labute approximate surface area is 185 Å². The summed E-state index contributed by atoms with van der Waals surface area (Å²) in [6.07, 6.45) is 7.69. The zero-order valence-electron chi connectivity index (χ0n) is 18.2. The Morgan fingerprint density at radius 3 is 2.42 bits per heavy atom. The highest BCUT2D eigenvalue weighted by atomic mass is 32.2. The average Bonchev–Trinajstić information content (AvgIpc) is 2.78. The Morgan fingerprint density at radius 2 is 1.68 bits per heavy atom. The molecule has 1 atom stereocenters. The van der Waals surface area contributed by atoms with Gasteiger partial charge >= 0.3 is 0 Å². The fourth-order valence-electron chi connectivity index (χ4n) is 4.91. The van der Waals surface area contributed by atoms with Crippen LogP contribution in [0.3, 0.4) is 0 Å². The minimum Gasteiger partial charge on any atom is -0.348 e. The summed E-state index contributed by atoms with van der Waals surface area (Å²) < 4.78 is 28.5. The van der Waals surface area contributed by atoms with Crippen molar-refractivity contribution in [3.63, 3.8) is 0 Å². The first-order chi connectivity index (χ1) is 14.9. The van der Waals surface area contributed by atoms with Crippen molar-refractivity contribution >= 4 is 15.9 Å². The Kier molecular flexibility index (Phi) is 6.77. The van der Waals surface area contributed by atoms with E-state index in [1.807, 2.05) is 31.2 Å². The van der Waals surface area contributed by atoms with Gasteiger partial charge < -0.3 is 5.32 Å². The van der Waals surface area contributed by atoms with E-state index >= 15 is 0 Å². The molecule has 2 aromatic carbocycles. The van der Waals surface area contributed by atoms with Crippen molar-refractivity contribution in [1.82, 2.24) is 9.62 Å². The molecule has 166 valence electrons. The van der Waals surface area contributed by atoms with E-state index in [0.29, 0.717) is 0 Å². The molecule has 2 aromatic rings. The highest BCUT2D eigenvalue weighted by molar-refractivity contribution is 7.89. The minimum absolute atomic E-state index is 0.0484. The maximum atomic E-state index is 13.5. The summed E-state index contributed by atoms with van der Waals surface area (Å²) in [6.45, 7) is 1.81. The van der Waals surface area contributed by atoms with E-state index in [0.717, 1.165) is 62.5 Å². The molecule has 2 aliphatic rings. The molecule has 0 radical (unpaired) electrons. The predicted molar refractivity (Wildman–Crippen MR) is 122 cm³/mol. The molecule has 0 aromatic heterocycles. The number of amides is 1. The number of fused-ring (bicyclic) bond motifs is 1. The second kappa shape index (κ2) is 9.53. The Hall–Kier alpha value is -2.18. The van der Waals surface area contributed by atoms with Crippen LogP contribution in [0.15, 0.2) is 53.4 Å². The fourth-order valence-corrected chi connectivity index (χ4v) is 6.55. The first kappa shape index (κ1) is 22.0. The summed E-state index contributed by atoms with van der Waals surface area (Å²) in [4.78, 5) is 13.4. The number of nitrogens with one attached hydrogen (secondary N) is 1. The predicted octanol–water partition coefficient (Wildman–Crippen LogP) is 4.51. The monoisotopic (exact) mass is 440 g/mol. The van der Waals surface area contributed by atoms with E-state index in [1.54, 1.807) is 12.1 Å². The maximum Gasteiger partial charge on any atom is 0.243 e. The summed E-state index contributed by atoms with van der Waals surface area (Å²) in [5.74, 6) is -0.219. The van der Waals surface area contributed by atoms with E-state index in [4.69, 9.17) is 0 Å². The number of carbonyl (C=O) groups excluding carboxylic acids is 1. The van der Waals surface area contributed by atoms with E-state index in [1.165, 1.54) is 9.87 Å². The lowest BCUT2D eigenvalue weighted by Crippen LogP contribution is -2.47. The third-order valence-electron chi connectivity index (χ3n) is 6.61. The number of benzene rings is 2. The number of nitrogens with zero attached hydrogens (tertiary/aromatic N) is 1. The van der Waals surface area contributed by atoms with Gasteiger partial charge in [0.2, 0.25) is 15.9 Å². The molecule has 6 heteroatoms. The molecule has 2 aliphatic carbocycles. The van der Waals surface area contributed by atoms with Gasteiger partial charge in [0.25, 0.3) is 0 Å². The van der Waals surface area contributed by atoms with Crippen molar-refractivity contribution in [2.75, 3.05) is 6.54 Å². The van der Waals surface area contributed by atoms with Crippen LogP contribution < -0.4 is 5.32 Å². The molecule has 1 fully saturated rings. The van der Waals surface area contributed by atoms with Crippen LogP contribution in [0.1, 0.15) is 67.7 Å². The molecule has 0 spiro atoms. The van der Waals surface area contributed by atoms with Crippen LogP contribution in [-0.4, -0.2) is 31.2 Å². The topological polar surface area (TPSA) is 66.5 Å². The summed E-state index contributed by atoms with van der Waals surface area (Å²) in [6, 6.07) is 15.0. The molecule has 0 bridgehead atoms. The molecule has 0 saturated heterocycles. The average molecular weight is 441 g/mol. The minimum atomic E-state index is -3.74. The van der Waals surface area contributed by atoms with Gasteiger partial charge in [-0.25, -0.2) is 8.42 Å². The first-order valence-electron chi connectivity index (χ1n) is 11.4. The van der Waals surface area contributed by atoms with Gasteiger partial charge in [0.1, 0.15) is 0 Å². The van der Waals surface area contributed by atoms with Crippen LogP contribution in [-0.2, 0) is 21.2 Å². The third-order valence-corrected chi connectivity index (χ3v) is 8.53. The van der Waals surface area contributed by atoms with Gasteiger partial charge in [-0.2, -0.15) is 4.31 Å². The molecule has 0 unspecified atom stereocenters. The molecular formula is C25H32N2O3S. The van der Waals surface area contributed by atoms with Crippen LogP contribution in [0.5, 0.6) is 0 Å². The van der Waals surface area contributed by atoms with Gasteiger partial charge in [0.15, 0.2) is 0 Å². The van der Waals surface area contributed by atoms with Gasteiger partial charge in [-0.15, -0.1) is 0 Å². The molecule has 4 rings (SSSR count). The quantitative estimate of drug-likeness (QED) is 0.719. The molecule has 0 heterocycles. The van der Waals surface area contributed by atoms with E-state index in [9.17, 15) is 13.2 Å². The largest absolute Gasteiger partial charge is 0.348 e. The second-order valence-corrected chi connectivity index (χ2v) is 10.8. The number of aryl methyl sites for hydroxylation is 2. The fraction of sp³-hybridized carbons (Fsp3) is 0.480. The normalized spacial score (nSPS) is 19.7. The molecular weight excluding hydrogens is 408 g/mol. The zero-order chi connectivity index (χ0) is 21.8. The highest BCUT2D eigenvalue weighted by Crippen LogP contribution is 2.31. The first-order valence-corrected chi connectivity index (χ1v) is 12.8. The smallest absolute Gasteiger partial charge is 0.243 e. The standard InChI is InChI=1S/C25H32N2O3S/c1-19-14-16-22(17-15-19)31(29,30)27(21-10-3-2-4-11-21)18-25(28)26-24-13-7-9-20-8-5-6-12-23(20)24/h5-6,8,12,14-17,21,24H,2-4,7,9-11,13,18H2,1H3,(H,26,28)/t24-/m0/s1. The maximum absolute atomic E-state index is 13.5. The lowest BCUT2D eigenvalue weighted by Gasteiger charge is -2.34. The van der Waals surface area contributed by atoms with Crippen molar-refractivity contribution < 1.29 is 13.2 Å². The van der Waals surface area contributed by atoms with Crippen molar-refractivity contribution in [2.45, 2.75) is 75.3 Å². The molecule has 1 amide bonds. The number of hydrogen-bond acceptors (Lipinski definition) is 3. The summed E-state index contributed by atoms with van der Waals surface area (Å²) in [5.41, 5.74) is 3.44. The summed E-state index contributed by atoms with van der Waals surface area (Å²) >= 11 is 0. The lowest BCUT2D eigenvalue weighted by molar-refractivity contribution is -0.122. The highest BCUT2D eigenvalue weighted by Gasteiger charge is 2.34. The number of sulfonamides is 1. The Bertz CT molecular complexity index is 1010. The SMILES string of the molecule is Cc1ccc(S(=O)(=O)N(CC(=O)N[C@H]2CCCc3ccccc32)C2CCCCC2)cc1. The number of hydrogen-bond donors (Lipinski definition) is 1. The van der Waals surface area contributed by atoms with Gasteiger partial charge in [-0.3, -0.25) is 4.79 Å². The Morgan fingerprint density at radius 1 is 0.968 bits per heavy atom. The third kappa shape index (κ3) is 5.01. The van der Waals surface area contributed by atoms with Gasteiger partial charge in [0, 0.05) is 6.04 Å². The molecule has 31 heavy (non-hydrogen) atoms. The van der Waals surface area contributed by atoms with Crippen LogP contribution in [0.2, 0.25) is 0 Å². The Balaban J connectivity index is 1.55. The van der Waals surface area contributed by atoms with Crippen molar-refractivity contribution in [2.24, 2.45) is 0 Å². The number of carbonyl (C=O) groups is 1. The summed E-state index contributed by atoms with van der Waals surface area (Å²) in [5, 5.41) is 3.13. The summed E-state index contributed by atoms with van der Waals surface area (Å²) in [7, 11) is -3.74. The molecule has 1 saturated carbocycles. The van der Waals surface area contributed by atoms with Crippen LogP contribution in [0.25, 0.3) is 0 Å². The number of rotatable bonds is 6. The van der Waals surface area contributed by atoms with Crippen molar-refractivity contribution in [1.29, 1.82) is 0 Å². The zero-order valence-corrected chi connectivity index (χ0v) is 19.0. The van der Waals surface area contributed by atoms with Crippen LogP contribution >= 0.6 is 0 Å². The van der Waals surface area contributed by atoms with Crippen LogP contribution in [0, 0.1) is 6.92 Å². The van der Waals surface area contributed by atoms with E-state index in [-0.39, 0.29) is 29.4 Å². The van der Waals surface area contributed by atoms with Gasteiger partial charge in [-0.05, 0) is 62.3 Å². The molecule has 5 nitrogen and oxygen atoms in total. The van der Waals surface area contributed by atoms with E-state index in [2.05, 4.69) is 17.4 Å². The second-order valence-electron chi connectivity index (χ2n) is 8.87. The van der Waals surface area contributed by atoms with Crippen LogP contribution in [0.4, 0.5) is 0 Å². The van der Waals surface area contributed by atoms with Crippen molar-refractivity contribution in [3.05, 3.63) is 65.2 Å². The molecule has 0 aliphatic heterocycles. The lowest BCUT2D eigenvalue weighted by atomic mass is 9.88. The van der Waals surface area contributed by atoms with E-state index < -0.39 is 10.0 Å². The van der Waals surface area contributed by atoms with Gasteiger partial charge in [-0.1, -0.05) is 61.2 Å². The van der Waals surface area contributed by atoms with Gasteiger partial charge in [0.05, 0.1) is 17.5 Å². The van der Waals surface area contributed by atoms with Crippen molar-refractivity contribution in [3.8, 4) is 0 Å².